The molecular weight excluding hydrogens is 388 g/mol. The van der Waals surface area contributed by atoms with Crippen molar-refractivity contribution in [2.45, 2.75) is 144 Å². The highest BCUT2D eigenvalue weighted by molar-refractivity contribution is 5.76. The van der Waals surface area contributed by atoms with Gasteiger partial charge in [-0.15, -0.1) is 0 Å². The highest BCUT2D eigenvalue weighted by Crippen LogP contribution is 2.30. The number of esters is 2. The van der Waals surface area contributed by atoms with E-state index >= 15 is 0 Å². The minimum Gasteiger partial charge on any atom is -0.466 e. The van der Waals surface area contributed by atoms with Crippen LogP contribution in [0.2, 0.25) is 0 Å². The monoisotopic (exact) mass is 440 g/mol. The normalized spacial score (nSPS) is 13.6. The van der Waals surface area contributed by atoms with Crippen molar-refractivity contribution in [3.8, 4) is 0 Å². The maximum atomic E-state index is 12.9. The van der Waals surface area contributed by atoms with Gasteiger partial charge < -0.3 is 9.47 Å². The molecule has 0 aromatic rings. The second kappa shape index (κ2) is 18.5. The van der Waals surface area contributed by atoms with Crippen molar-refractivity contribution in [1.29, 1.82) is 0 Å². The summed E-state index contributed by atoms with van der Waals surface area (Å²) in [5.74, 6) is -0.184. The Balaban J connectivity index is 4.33. The van der Waals surface area contributed by atoms with Gasteiger partial charge in [0.2, 0.25) is 0 Å². The average Bonchev–Trinajstić information content (AvgIpc) is 2.70. The topological polar surface area (TPSA) is 52.6 Å². The van der Waals surface area contributed by atoms with Gasteiger partial charge in [-0.25, -0.2) is 0 Å². The lowest BCUT2D eigenvalue weighted by atomic mass is 9.82. The molecule has 31 heavy (non-hydrogen) atoms. The quantitative estimate of drug-likeness (QED) is 0.142. The Hall–Kier alpha value is -1.06. The summed E-state index contributed by atoms with van der Waals surface area (Å²) in [6.45, 7) is 13.0. The van der Waals surface area contributed by atoms with Crippen LogP contribution in [0.5, 0.6) is 0 Å². The Morgan fingerprint density at radius 2 is 1.32 bits per heavy atom. The molecule has 0 aromatic carbocycles. The smallest absolute Gasteiger partial charge is 0.311 e. The molecule has 184 valence electrons. The van der Waals surface area contributed by atoms with Gasteiger partial charge in [0.1, 0.15) is 6.10 Å². The summed E-state index contributed by atoms with van der Waals surface area (Å²) in [5, 5.41) is 0. The predicted molar refractivity (Wildman–Crippen MR) is 130 cm³/mol. The van der Waals surface area contributed by atoms with Gasteiger partial charge in [-0.1, -0.05) is 85.5 Å². The number of carbonyl (C=O) groups is 2. The number of rotatable bonds is 20. The largest absolute Gasteiger partial charge is 0.466 e. The van der Waals surface area contributed by atoms with Crippen molar-refractivity contribution in [1.82, 2.24) is 0 Å². The van der Waals surface area contributed by atoms with Crippen LogP contribution in [0.25, 0.3) is 0 Å². The fourth-order valence-electron chi connectivity index (χ4n) is 4.07. The molecule has 0 heterocycles. The lowest BCUT2D eigenvalue weighted by molar-refractivity contribution is -0.162. The molecule has 2 atom stereocenters. The van der Waals surface area contributed by atoms with Crippen LogP contribution in [-0.2, 0) is 19.1 Å². The second-order valence-corrected chi connectivity index (χ2v) is 10.1. The van der Waals surface area contributed by atoms with Crippen LogP contribution in [0.15, 0.2) is 0 Å². The lowest BCUT2D eigenvalue weighted by Gasteiger charge is -2.28. The fraction of sp³-hybridized carbons (Fsp3) is 0.926. The van der Waals surface area contributed by atoms with Gasteiger partial charge in [0.15, 0.2) is 0 Å². The van der Waals surface area contributed by atoms with Crippen molar-refractivity contribution in [3.05, 3.63) is 0 Å². The first kappa shape index (κ1) is 29.9. The molecule has 0 aliphatic carbocycles. The number of hydrogen-bond donors (Lipinski definition) is 0. The molecule has 0 rings (SSSR count). The summed E-state index contributed by atoms with van der Waals surface area (Å²) in [6.07, 6.45) is 15.7. The molecule has 0 spiro atoms. The van der Waals surface area contributed by atoms with Crippen molar-refractivity contribution >= 4 is 11.9 Å². The van der Waals surface area contributed by atoms with E-state index in [0.29, 0.717) is 19.4 Å². The van der Waals surface area contributed by atoms with Crippen LogP contribution in [0, 0.1) is 11.3 Å². The molecule has 2 unspecified atom stereocenters. The molecular formula is C27H52O4. The van der Waals surface area contributed by atoms with Crippen LogP contribution in [0.4, 0.5) is 0 Å². The average molecular weight is 441 g/mol. The zero-order chi connectivity index (χ0) is 23.5. The summed E-state index contributed by atoms with van der Waals surface area (Å²) in [5.41, 5.74) is -0.589. The maximum absolute atomic E-state index is 12.9. The van der Waals surface area contributed by atoms with Crippen LogP contribution >= 0.6 is 0 Å². The molecule has 0 saturated carbocycles. The van der Waals surface area contributed by atoms with E-state index in [0.717, 1.165) is 44.9 Å². The van der Waals surface area contributed by atoms with Gasteiger partial charge in [0.05, 0.1) is 12.0 Å². The molecule has 0 aromatic heterocycles. The number of ether oxygens (including phenoxy) is 2. The van der Waals surface area contributed by atoms with Crippen LogP contribution < -0.4 is 0 Å². The number of carbonyl (C=O) groups excluding carboxylic acids is 2. The van der Waals surface area contributed by atoms with E-state index in [1.807, 2.05) is 20.8 Å². The van der Waals surface area contributed by atoms with E-state index in [4.69, 9.17) is 9.47 Å². The number of unbranched alkanes of at least 4 members (excludes halogenated alkanes) is 8. The maximum Gasteiger partial charge on any atom is 0.311 e. The summed E-state index contributed by atoms with van der Waals surface area (Å²) in [6, 6.07) is 0. The van der Waals surface area contributed by atoms with Crippen molar-refractivity contribution in [3.63, 3.8) is 0 Å². The Morgan fingerprint density at radius 3 is 1.97 bits per heavy atom. The molecule has 0 N–H and O–H groups in total. The molecule has 0 aliphatic heterocycles. The third kappa shape index (κ3) is 16.3. The van der Waals surface area contributed by atoms with Gasteiger partial charge >= 0.3 is 11.9 Å². The van der Waals surface area contributed by atoms with E-state index in [9.17, 15) is 9.59 Å². The number of hydrogen-bond acceptors (Lipinski definition) is 4. The highest BCUT2D eigenvalue weighted by atomic mass is 16.5. The molecule has 4 nitrogen and oxygen atoms in total. The molecule has 4 heteroatoms. The first-order valence-corrected chi connectivity index (χ1v) is 13.1. The van der Waals surface area contributed by atoms with Crippen molar-refractivity contribution in [2.24, 2.45) is 11.3 Å². The zero-order valence-corrected chi connectivity index (χ0v) is 21.6. The van der Waals surface area contributed by atoms with Crippen molar-refractivity contribution < 1.29 is 19.1 Å². The minimum atomic E-state index is -0.589. The Labute approximate surface area is 193 Å². The Morgan fingerprint density at radius 1 is 0.774 bits per heavy atom. The van der Waals surface area contributed by atoms with Gasteiger partial charge in [0, 0.05) is 6.42 Å². The summed E-state index contributed by atoms with van der Waals surface area (Å²) in [4.78, 5) is 25.0. The second-order valence-electron chi connectivity index (χ2n) is 10.1. The third-order valence-corrected chi connectivity index (χ3v) is 5.97. The van der Waals surface area contributed by atoms with E-state index in [1.165, 1.54) is 38.5 Å². The Bertz CT molecular complexity index is 458. The van der Waals surface area contributed by atoms with E-state index in [1.54, 1.807) is 0 Å². The SMILES string of the molecule is CCCCCCCCOC(=O)CC(C)CC(C)(C)C(=O)OC(CCCC)CCCCC. The molecule has 0 fully saturated rings. The van der Waals surface area contributed by atoms with Crippen LogP contribution in [0.1, 0.15) is 138 Å². The van der Waals surface area contributed by atoms with Gasteiger partial charge in [-0.2, -0.15) is 0 Å². The zero-order valence-electron chi connectivity index (χ0n) is 21.6. The molecule has 0 amide bonds. The summed E-state index contributed by atoms with van der Waals surface area (Å²) < 4.78 is 11.3. The highest BCUT2D eigenvalue weighted by Gasteiger charge is 2.33. The predicted octanol–water partition coefficient (Wildman–Crippen LogP) is 8.01. The van der Waals surface area contributed by atoms with Gasteiger partial charge in [-0.05, 0) is 51.9 Å². The van der Waals surface area contributed by atoms with E-state index in [2.05, 4.69) is 20.8 Å². The molecule has 0 saturated heterocycles. The lowest BCUT2D eigenvalue weighted by Crippen LogP contribution is -2.32. The van der Waals surface area contributed by atoms with Gasteiger partial charge in [-0.3, -0.25) is 9.59 Å². The molecule has 0 bridgehead atoms. The first-order valence-electron chi connectivity index (χ1n) is 13.1. The van der Waals surface area contributed by atoms with E-state index in [-0.39, 0.29) is 24.0 Å². The molecule has 0 aliphatic rings. The third-order valence-electron chi connectivity index (χ3n) is 5.97. The first-order chi connectivity index (χ1) is 14.8. The minimum absolute atomic E-state index is 0.0240. The van der Waals surface area contributed by atoms with Crippen LogP contribution in [-0.4, -0.2) is 24.6 Å². The van der Waals surface area contributed by atoms with Crippen molar-refractivity contribution in [2.75, 3.05) is 6.61 Å². The summed E-state index contributed by atoms with van der Waals surface area (Å²) >= 11 is 0. The van der Waals surface area contributed by atoms with E-state index < -0.39 is 5.41 Å². The standard InChI is InChI=1S/C27H52O4/c1-7-10-13-14-15-17-20-30-25(28)21-23(4)22-27(5,6)26(29)31-24(18-12-9-3)19-16-11-8-2/h23-24H,7-22H2,1-6H3. The fourth-order valence-corrected chi connectivity index (χ4v) is 4.07. The van der Waals surface area contributed by atoms with Crippen LogP contribution in [0.3, 0.4) is 0 Å². The van der Waals surface area contributed by atoms with Gasteiger partial charge in [0.25, 0.3) is 0 Å². The Kier molecular flexibility index (Phi) is 17.9. The molecule has 0 radical (unpaired) electrons. The summed E-state index contributed by atoms with van der Waals surface area (Å²) in [7, 11) is 0.